The van der Waals surface area contributed by atoms with Crippen LogP contribution in [0.15, 0.2) is 12.1 Å². The van der Waals surface area contributed by atoms with Gasteiger partial charge >= 0.3 is 0 Å². The second-order valence-corrected chi connectivity index (χ2v) is 2.53. The topological polar surface area (TPSA) is 32.3 Å². The van der Waals surface area contributed by atoms with E-state index in [2.05, 4.69) is 0 Å². The molecular formula is C7H6ClF2NO. The molecule has 5 heteroatoms. The lowest BCUT2D eigenvalue weighted by atomic mass is 10.2. The lowest BCUT2D eigenvalue weighted by Crippen LogP contribution is -2.09. The van der Waals surface area contributed by atoms with E-state index in [1.807, 2.05) is 0 Å². The highest BCUT2D eigenvalue weighted by atomic mass is 35.5. The van der Waals surface area contributed by atoms with E-state index in [4.69, 9.17) is 16.8 Å². The van der Waals surface area contributed by atoms with Crippen LogP contribution in [0.3, 0.4) is 0 Å². The second-order valence-electron chi connectivity index (χ2n) is 2.16. The fourth-order valence-corrected chi connectivity index (χ4v) is 1.03. The summed E-state index contributed by atoms with van der Waals surface area (Å²) >= 11 is 5.41. The van der Waals surface area contributed by atoms with Gasteiger partial charge in [0.25, 0.3) is 0 Å². The Bertz CT molecular complexity index is 293. The highest BCUT2D eigenvalue weighted by Gasteiger charge is 2.10. The molecule has 0 amide bonds. The standard InChI is InChI=1S/C7H6ClF2NO/c8-7-4(3-11-12)5(9)1-2-6(7)10/h1-2,11-12H,3H2. The molecule has 0 atom stereocenters. The van der Waals surface area contributed by atoms with E-state index in [9.17, 15) is 8.78 Å². The molecule has 1 aromatic rings. The maximum Gasteiger partial charge on any atom is 0.142 e. The van der Waals surface area contributed by atoms with Crippen LogP contribution in [0.1, 0.15) is 5.56 Å². The van der Waals surface area contributed by atoms with Gasteiger partial charge in [-0.25, -0.2) is 14.3 Å². The van der Waals surface area contributed by atoms with Crippen molar-refractivity contribution in [2.24, 2.45) is 0 Å². The third-order valence-corrected chi connectivity index (χ3v) is 1.80. The van der Waals surface area contributed by atoms with Crippen LogP contribution in [0.2, 0.25) is 5.02 Å². The zero-order valence-electron chi connectivity index (χ0n) is 5.94. The van der Waals surface area contributed by atoms with Gasteiger partial charge in [-0.1, -0.05) is 11.6 Å². The summed E-state index contributed by atoms with van der Waals surface area (Å²) in [7, 11) is 0. The molecule has 0 aliphatic rings. The Balaban J connectivity index is 3.14. The minimum Gasteiger partial charge on any atom is -0.316 e. The molecule has 12 heavy (non-hydrogen) atoms. The fourth-order valence-electron chi connectivity index (χ4n) is 0.810. The Morgan fingerprint density at radius 3 is 2.50 bits per heavy atom. The van der Waals surface area contributed by atoms with E-state index in [0.29, 0.717) is 0 Å². The number of hydroxylamine groups is 1. The van der Waals surface area contributed by atoms with E-state index >= 15 is 0 Å². The minimum absolute atomic E-state index is 0.0841. The third-order valence-electron chi connectivity index (χ3n) is 1.39. The molecule has 0 unspecified atom stereocenters. The van der Waals surface area contributed by atoms with Gasteiger partial charge in [0.15, 0.2) is 0 Å². The summed E-state index contributed by atoms with van der Waals surface area (Å²) in [6.07, 6.45) is 0. The highest BCUT2D eigenvalue weighted by Crippen LogP contribution is 2.22. The van der Waals surface area contributed by atoms with Crippen molar-refractivity contribution in [2.75, 3.05) is 0 Å². The van der Waals surface area contributed by atoms with E-state index < -0.39 is 11.6 Å². The first-order valence-electron chi connectivity index (χ1n) is 3.16. The molecule has 0 spiro atoms. The average Bonchev–Trinajstić information content (AvgIpc) is 2.06. The molecular weight excluding hydrogens is 188 g/mol. The first-order chi connectivity index (χ1) is 5.66. The van der Waals surface area contributed by atoms with Crippen molar-refractivity contribution in [1.82, 2.24) is 5.48 Å². The first-order valence-corrected chi connectivity index (χ1v) is 3.54. The Morgan fingerprint density at radius 2 is 1.92 bits per heavy atom. The molecule has 0 heterocycles. The second kappa shape index (κ2) is 3.80. The lowest BCUT2D eigenvalue weighted by Gasteiger charge is -2.04. The third kappa shape index (κ3) is 1.72. The zero-order chi connectivity index (χ0) is 9.14. The van der Waals surface area contributed by atoms with E-state index in [-0.39, 0.29) is 17.1 Å². The van der Waals surface area contributed by atoms with Crippen molar-refractivity contribution in [3.8, 4) is 0 Å². The lowest BCUT2D eigenvalue weighted by molar-refractivity contribution is 0.160. The van der Waals surface area contributed by atoms with Gasteiger partial charge in [0, 0.05) is 5.56 Å². The Morgan fingerprint density at radius 1 is 1.33 bits per heavy atom. The van der Waals surface area contributed by atoms with Crippen LogP contribution in [0.4, 0.5) is 8.78 Å². The predicted octanol–water partition coefficient (Wildman–Crippen LogP) is 2.10. The fraction of sp³-hybridized carbons (Fsp3) is 0.143. The van der Waals surface area contributed by atoms with E-state index in [1.165, 1.54) is 0 Å². The van der Waals surface area contributed by atoms with Gasteiger partial charge in [0.2, 0.25) is 0 Å². The summed E-state index contributed by atoms with van der Waals surface area (Å²) in [4.78, 5) is 0. The number of rotatable bonds is 2. The van der Waals surface area contributed by atoms with E-state index in [1.54, 1.807) is 5.48 Å². The summed E-state index contributed by atoms with van der Waals surface area (Å²) in [5, 5.41) is 7.95. The van der Waals surface area contributed by atoms with Gasteiger partial charge in [-0.3, -0.25) is 0 Å². The maximum atomic E-state index is 12.8. The van der Waals surface area contributed by atoms with Gasteiger partial charge in [-0.05, 0) is 12.1 Å². The molecule has 2 N–H and O–H groups in total. The van der Waals surface area contributed by atoms with Crippen molar-refractivity contribution in [3.63, 3.8) is 0 Å². The molecule has 0 bridgehead atoms. The molecule has 0 fully saturated rings. The number of benzene rings is 1. The van der Waals surface area contributed by atoms with Crippen LogP contribution in [0.5, 0.6) is 0 Å². The summed E-state index contributed by atoms with van der Waals surface area (Å²) in [5.41, 5.74) is 1.62. The quantitative estimate of drug-likeness (QED) is 0.557. The van der Waals surface area contributed by atoms with Crippen molar-refractivity contribution in [1.29, 1.82) is 0 Å². The Labute approximate surface area is 72.7 Å². The van der Waals surface area contributed by atoms with Crippen molar-refractivity contribution >= 4 is 11.6 Å². The molecule has 1 aromatic carbocycles. The van der Waals surface area contributed by atoms with Gasteiger partial charge < -0.3 is 5.21 Å². The molecule has 2 nitrogen and oxygen atoms in total. The molecule has 0 aliphatic carbocycles. The smallest absolute Gasteiger partial charge is 0.142 e. The molecule has 0 saturated carbocycles. The first kappa shape index (κ1) is 9.38. The molecule has 1 rings (SSSR count). The van der Waals surface area contributed by atoms with Crippen molar-refractivity contribution in [2.45, 2.75) is 6.54 Å². The highest BCUT2D eigenvalue weighted by molar-refractivity contribution is 6.31. The molecule has 0 aliphatic heterocycles. The van der Waals surface area contributed by atoms with Crippen LogP contribution >= 0.6 is 11.6 Å². The normalized spacial score (nSPS) is 10.3. The van der Waals surface area contributed by atoms with Crippen LogP contribution in [0.25, 0.3) is 0 Å². The Kier molecular flexibility index (Phi) is 2.97. The number of halogens is 3. The van der Waals surface area contributed by atoms with Crippen LogP contribution in [-0.2, 0) is 6.54 Å². The largest absolute Gasteiger partial charge is 0.316 e. The molecule has 0 radical (unpaired) electrons. The maximum absolute atomic E-state index is 12.8. The van der Waals surface area contributed by atoms with E-state index in [0.717, 1.165) is 12.1 Å². The summed E-state index contributed by atoms with van der Waals surface area (Å²) < 4.78 is 25.5. The monoisotopic (exact) mass is 193 g/mol. The van der Waals surface area contributed by atoms with Crippen LogP contribution in [0, 0.1) is 11.6 Å². The molecule has 0 saturated heterocycles. The predicted molar refractivity (Wildman–Crippen MR) is 40.0 cm³/mol. The zero-order valence-corrected chi connectivity index (χ0v) is 6.70. The van der Waals surface area contributed by atoms with Crippen LogP contribution < -0.4 is 5.48 Å². The van der Waals surface area contributed by atoms with Gasteiger partial charge in [0.1, 0.15) is 11.6 Å². The number of hydrogen-bond acceptors (Lipinski definition) is 2. The Hall–Kier alpha value is -0.710. The summed E-state index contributed by atoms with van der Waals surface area (Å²) in [5.74, 6) is -1.36. The molecule has 0 aromatic heterocycles. The number of nitrogens with one attached hydrogen (secondary N) is 1. The average molecular weight is 194 g/mol. The van der Waals surface area contributed by atoms with Gasteiger partial charge in [-0.2, -0.15) is 0 Å². The number of hydrogen-bond donors (Lipinski definition) is 2. The minimum atomic E-state index is -0.705. The van der Waals surface area contributed by atoms with Gasteiger partial charge in [-0.15, -0.1) is 0 Å². The van der Waals surface area contributed by atoms with Crippen LogP contribution in [-0.4, -0.2) is 5.21 Å². The van der Waals surface area contributed by atoms with Gasteiger partial charge in [0.05, 0.1) is 11.6 Å². The summed E-state index contributed by atoms with van der Waals surface area (Å²) in [6, 6.07) is 1.88. The molecule has 66 valence electrons. The van der Waals surface area contributed by atoms with Crippen molar-refractivity contribution < 1.29 is 14.0 Å². The summed E-state index contributed by atoms with van der Waals surface area (Å²) in [6.45, 7) is -0.220. The SMILES string of the molecule is ONCc1c(F)ccc(F)c1Cl. The van der Waals surface area contributed by atoms with Crippen molar-refractivity contribution in [3.05, 3.63) is 34.4 Å².